The number of nitrogens with one attached hydrogen (secondary N) is 1. The van der Waals surface area contributed by atoms with Crippen molar-refractivity contribution in [3.63, 3.8) is 0 Å². The van der Waals surface area contributed by atoms with Gasteiger partial charge in [0.2, 0.25) is 6.54 Å². The van der Waals surface area contributed by atoms with Gasteiger partial charge in [-0.15, -0.1) is 12.4 Å². The molecule has 0 saturated carbocycles. The fourth-order valence-electron chi connectivity index (χ4n) is 2.53. The van der Waals surface area contributed by atoms with Crippen LogP contribution in [-0.4, -0.2) is 9.97 Å². The van der Waals surface area contributed by atoms with Crippen molar-refractivity contribution in [3.05, 3.63) is 72.8 Å². The largest absolute Gasteiger partial charge is 1.00 e. The molecule has 2 aromatic heterocycles. The number of fused-ring (bicyclic) bond motifs is 2. The predicted molar refractivity (Wildman–Crippen MR) is 86.6 cm³/mol. The summed E-state index contributed by atoms with van der Waals surface area (Å²) in [6.45, 7) is 0.750. The Hall–Kier alpha value is -2.10. The lowest BCUT2D eigenvalue weighted by molar-refractivity contribution is -0.688. The third kappa shape index (κ3) is 3.06. The van der Waals surface area contributed by atoms with Gasteiger partial charge in [0.15, 0.2) is 18.2 Å². The number of H-pyrrole nitrogens is 1. The minimum Gasteiger partial charge on any atom is -1.00 e. The summed E-state index contributed by atoms with van der Waals surface area (Å²) in [4.78, 5) is 7.97. The van der Waals surface area contributed by atoms with Crippen LogP contribution < -0.4 is 17.0 Å². The van der Waals surface area contributed by atoms with E-state index in [-0.39, 0.29) is 24.8 Å². The molecule has 0 unspecified atom stereocenters. The van der Waals surface area contributed by atoms with E-state index < -0.39 is 0 Å². The summed E-state index contributed by atoms with van der Waals surface area (Å²) in [6, 6.07) is 18.6. The Labute approximate surface area is 140 Å². The molecule has 0 bridgehead atoms. The maximum absolute atomic E-state index is 4.61. The fraction of sp³-hybridized carbons (Fsp3) is 0.0588. The SMILES string of the molecule is Cl.[Cl-].c1ccc2c[n+](Cc3nc4ccccc4[nH]3)ccc2c1. The minimum absolute atomic E-state index is 0. The maximum Gasteiger partial charge on any atom is 0.205 e. The van der Waals surface area contributed by atoms with E-state index in [0.717, 1.165) is 23.4 Å². The first-order valence-corrected chi connectivity index (χ1v) is 6.70. The number of hydrogen-bond acceptors (Lipinski definition) is 1. The van der Waals surface area contributed by atoms with Gasteiger partial charge < -0.3 is 17.4 Å². The molecule has 22 heavy (non-hydrogen) atoms. The van der Waals surface area contributed by atoms with Crippen LogP contribution in [0.25, 0.3) is 21.8 Å². The second-order valence-electron chi connectivity index (χ2n) is 4.95. The van der Waals surface area contributed by atoms with Gasteiger partial charge in [0.1, 0.15) is 0 Å². The normalized spacial score (nSPS) is 10.2. The third-order valence-corrected chi connectivity index (χ3v) is 3.52. The van der Waals surface area contributed by atoms with Crippen LogP contribution in [0.4, 0.5) is 0 Å². The van der Waals surface area contributed by atoms with Crippen molar-refractivity contribution in [3.8, 4) is 0 Å². The summed E-state index contributed by atoms with van der Waals surface area (Å²) in [5.41, 5.74) is 2.10. The molecule has 2 heterocycles. The molecule has 5 heteroatoms. The van der Waals surface area contributed by atoms with Crippen LogP contribution in [0.3, 0.4) is 0 Å². The first kappa shape index (κ1) is 16.3. The second-order valence-corrected chi connectivity index (χ2v) is 4.95. The standard InChI is InChI=1S/C17H14N3.2ClH/c1-2-6-14-11-20(10-9-13(14)5-1)12-17-18-15-7-3-4-8-16(15)19-17;;/h1-11H,12H2,(H,18,19);2*1H/q+1;;/p-1. The molecule has 0 aliphatic carbocycles. The number of benzene rings is 2. The molecular weight excluding hydrogens is 317 g/mol. The topological polar surface area (TPSA) is 32.6 Å². The molecule has 0 amide bonds. The van der Waals surface area contributed by atoms with Crippen molar-refractivity contribution < 1.29 is 17.0 Å². The highest BCUT2D eigenvalue weighted by Crippen LogP contribution is 2.12. The summed E-state index contributed by atoms with van der Waals surface area (Å²) in [7, 11) is 0. The number of halogens is 2. The lowest BCUT2D eigenvalue weighted by atomic mass is 10.2. The number of nitrogens with zero attached hydrogens (tertiary/aromatic N) is 2. The van der Waals surface area contributed by atoms with Crippen LogP contribution in [0.15, 0.2) is 67.0 Å². The van der Waals surface area contributed by atoms with Crippen molar-refractivity contribution >= 4 is 34.2 Å². The number of para-hydroxylation sites is 2. The Morgan fingerprint density at radius 2 is 1.64 bits per heavy atom. The zero-order chi connectivity index (χ0) is 13.4. The summed E-state index contributed by atoms with van der Waals surface area (Å²) in [5.74, 6) is 0.978. The number of rotatable bonds is 2. The smallest absolute Gasteiger partial charge is 0.205 e. The molecular formula is C17H15Cl2N3. The van der Waals surface area contributed by atoms with Gasteiger partial charge in [-0.1, -0.05) is 30.3 Å². The Balaban J connectivity index is 0.000000882. The van der Waals surface area contributed by atoms with Gasteiger partial charge >= 0.3 is 0 Å². The van der Waals surface area contributed by atoms with Crippen LogP contribution in [0.1, 0.15) is 5.82 Å². The molecule has 0 spiro atoms. The predicted octanol–water partition coefficient (Wildman–Crippen LogP) is 0.478. The highest BCUT2D eigenvalue weighted by atomic mass is 35.5. The van der Waals surface area contributed by atoms with Crippen molar-refractivity contribution in [2.24, 2.45) is 0 Å². The van der Waals surface area contributed by atoms with Crippen LogP contribution in [-0.2, 0) is 6.54 Å². The average molecular weight is 332 g/mol. The van der Waals surface area contributed by atoms with Crippen LogP contribution >= 0.6 is 12.4 Å². The summed E-state index contributed by atoms with van der Waals surface area (Å²) in [6.07, 6.45) is 4.25. The van der Waals surface area contributed by atoms with E-state index in [1.54, 1.807) is 0 Å². The van der Waals surface area contributed by atoms with Crippen LogP contribution in [0.2, 0.25) is 0 Å². The molecule has 0 saturated heterocycles. The van der Waals surface area contributed by atoms with E-state index in [2.05, 4.69) is 63.3 Å². The van der Waals surface area contributed by atoms with Gasteiger partial charge in [-0.2, -0.15) is 4.57 Å². The first-order chi connectivity index (χ1) is 9.88. The van der Waals surface area contributed by atoms with Gasteiger partial charge in [0.25, 0.3) is 0 Å². The molecule has 112 valence electrons. The molecule has 2 aromatic carbocycles. The molecule has 1 N–H and O–H groups in total. The molecule has 0 aliphatic heterocycles. The summed E-state index contributed by atoms with van der Waals surface area (Å²) < 4.78 is 2.15. The third-order valence-electron chi connectivity index (χ3n) is 3.52. The van der Waals surface area contributed by atoms with Crippen LogP contribution in [0.5, 0.6) is 0 Å². The molecule has 0 radical (unpaired) electrons. The van der Waals surface area contributed by atoms with Crippen molar-refractivity contribution in [1.29, 1.82) is 0 Å². The van der Waals surface area contributed by atoms with Crippen LogP contribution in [0, 0.1) is 0 Å². The number of aromatic amines is 1. The highest BCUT2D eigenvalue weighted by molar-refractivity contribution is 5.85. The van der Waals surface area contributed by atoms with Crippen molar-refractivity contribution in [2.45, 2.75) is 6.54 Å². The number of pyridine rings is 1. The number of hydrogen-bond donors (Lipinski definition) is 1. The van der Waals surface area contributed by atoms with Gasteiger partial charge in [-0.3, -0.25) is 0 Å². The Kier molecular flexibility index (Phi) is 5.01. The zero-order valence-corrected chi connectivity index (χ0v) is 13.3. The van der Waals surface area contributed by atoms with E-state index in [0.29, 0.717) is 0 Å². The lowest BCUT2D eigenvalue weighted by Crippen LogP contribution is -3.00. The Bertz CT molecular complexity index is 869. The second kappa shape index (κ2) is 6.77. The minimum atomic E-state index is 0. The molecule has 0 fully saturated rings. The quantitative estimate of drug-likeness (QED) is 0.532. The zero-order valence-electron chi connectivity index (χ0n) is 11.7. The summed E-state index contributed by atoms with van der Waals surface area (Å²) in [5, 5.41) is 2.50. The molecule has 3 nitrogen and oxygen atoms in total. The first-order valence-electron chi connectivity index (χ1n) is 6.70. The van der Waals surface area contributed by atoms with Gasteiger partial charge in [0.05, 0.1) is 11.0 Å². The van der Waals surface area contributed by atoms with Crippen molar-refractivity contribution in [2.75, 3.05) is 0 Å². The summed E-state index contributed by atoms with van der Waals surface area (Å²) >= 11 is 0. The van der Waals surface area contributed by atoms with Gasteiger partial charge in [0, 0.05) is 11.5 Å². The molecule has 0 atom stereocenters. The van der Waals surface area contributed by atoms with E-state index in [9.17, 15) is 0 Å². The van der Waals surface area contributed by atoms with E-state index in [1.165, 1.54) is 10.8 Å². The van der Waals surface area contributed by atoms with E-state index in [4.69, 9.17) is 0 Å². The lowest BCUT2D eigenvalue weighted by Gasteiger charge is -1.97. The number of imidazole rings is 1. The molecule has 0 aliphatic rings. The Morgan fingerprint density at radius 1 is 0.909 bits per heavy atom. The maximum atomic E-state index is 4.61. The molecule has 4 rings (SSSR count). The van der Waals surface area contributed by atoms with E-state index in [1.807, 2.05) is 18.2 Å². The van der Waals surface area contributed by atoms with E-state index >= 15 is 0 Å². The van der Waals surface area contributed by atoms with Crippen molar-refractivity contribution in [1.82, 2.24) is 9.97 Å². The monoisotopic (exact) mass is 331 g/mol. The molecule has 4 aromatic rings. The Morgan fingerprint density at radius 3 is 2.45 bits per heavy atom. The van der Waals surface area contributed by atoms with Gasteiger partial charge in [-0.25, -0.2) is 4.98 Å². The number of aromatic nitrogens is 3. The fourth-order valence-corrected chi connectivity index (χ4v) is 2.53. The van der Waals surface area contributed by atoms with Gasteiger partial charge in [-0.05, 0) is 23.6 Å². The average Bonchev–Trinajstić information content (AvgIpc) is 2.89. The highest BCUT2D eigenvalue weighted by Gasteiger charge is 2.08.